The third-order valence-corrected chi connectivity index (χ3v) is 3.26. The van der Waals surface area contributed by atoms with Crippen LogP contribution in [0.2, 0.25) is 0 Å². The molecule has 0 bridgehead atoms. The SMILES string of the molecule is CSc1cccc(Cc2ccccc2)c1F. The smallest absolute Gasteiger partial charge is 0.140 e. The first-order valence-electron chi connectivity index (χ1n) is 5.16. The van der Waals surface area contributed by atoms with Crippen LogP contribution < -0.4 is 0 Å². The lowest BCUT2D eigenvalue weighted by Gasteiger charge is -2.06. The van der Waals surface area contributed by atoms with Crippen molar-refractivity contribution in [2.45, 2.75) is 11.3 Å². The summed E-state index contributed by atoms with van der Waals surface area (Å²) in [4.78, 5) is 0.716. The molecule has 0 amide bonds. The van der Waals surface area contributed by atoms with Crippen molar-refractivity contribution in [3.8, 4) is 0 Å². The lowest BCUT2D eigenvalue weighted by Crippen LogP contribution is -1.94. The second-order valence-electron chi connectivity index (χ2n) is 3.60. The Morgan fingerprint density at radius 2 is 1.75 bits per heavy atom. The fraction of sp³-hybridized carbons (Fsp3) is 0.143. The zero-order valence-corrected chi connectivity index (χ0v) is 9.93. The van der Waals surface area contributed by atoms with Gasteiger partial charge in [0.05, 0.1) is 0 Å². The molecule has 0 aliphatic rings. The monoisotopic (exact) mass is 232 g/mol. The van der Waals surface area contributed by atoms with Gasteiger partial charge < -0.3 is 0 Å². The molecule has 0 heterocycles. The molecule has 82 valence electrons. The van der Waals surface area contributed by atoms with E-state index in [0.29, 0.717) is 11.3 Å². The zero-order valence-electron chi connectivity index (χ0n) is 9.11. The number of hydrogen-bond donors (Lipinski definition) is 0. The molecule has 0 aromatic heterocycles. The van der Waals surface area contributed by atoms with Gasteiger partial charge in [0, 0.05) is 11.3 Å². The quantitative estimate of drug-likeness (QED) is 0.717. The van der Waals surface area contributed by atoms with Crippen molar-refractivity contribution in [1.29, 1.82) is 0 Å². The van der Waals surface area contributed by atoms with Crippen LogP contribution >= 0.6 is 11.8 Å². The molecule has 0 saturated carbocycles. The number of benzene rings is 2. The molecule has 0 saturated heterocycles. The Morgan fingerprint density at radius 3 is 2.44 bits per heavy atom. The molecular weight excluding hydrogens is 219 g/mol. The Kier molecular flexibility index (Phi) is 3.62. The standard InChI is InChI=1S/C14H13FS/c1-16-13-9-5-8-12(14(13)15)10-11-6-3-2-4-7-11/h2-9H,10H2,1H3. The van der Waals surface area contributed by atoms with Crippen LogP contribution in [0.25, 0.3) is 0 Å². The summed E-state index contributed by atoms with van der Waals surface area (Å²) in [7, 11) is 0. The molecule has 2 heteroatoms. The highest BCUT2D eigenvalue weighted by molar-refractivity contribution is 7.98. The van der Waals surface area contributed by atoms with Crippen molar-refractivity contribution in [2.75, 3.05) is 6.26 Å². The summed E-state index contributed by atoms with van der Waals surface area (Å²) in [6, 6.07) is 15.5. The summed E-state index contributed by atoms with van der Waals surface area (Å²) in [5.74, 6) is -0.0844. The van der Waals surface area contributed by atoms with Crippen LogP contribution in [0.1, 0.15) is 11.1 Å². The second-order valence-corrected chi connectivity index (χ2v) is 4.44. The molecule has 0 spiro atoms. The molecule has 0 nitrogen and oxygen atoms in total. The van der Waals surface area contributed by atoms with Crippen molar-refractivity contribution < 1.29 is 4.39 Å². The Balaban J connectivity index is 2.28. The first-order chi connectivity index (χ1) is 7.81. The van der Waals surface area contributed by atoms with Gasteiger partial charge in [-0.15, -0.1) is 11.8 Å². The Labute approximate surface area is 99.5 Å². The summed E-state index contributed by atoms with van der Waals surface area (Å²) in [5, 5.41) is 0. The zero-order chi connectivity index (χ0) is 11.4. The van der Waals surface area contributed by atoms with Gasteiger partial charge in [0.25, 0.3) is 0 Å². The van der Waals surface area contributed by atoms with E-state index in [1.807, 2.05) is 54.8 Å². The summed E-state index contributed by atoms with van der Waals surface area (Å²) in [6.45, 7) is 0. The maximum absolute atomic E-state index is 13.9. The predicted molar refractivity (Wildman–Crippen MR) is 67.4 cm³/mol. The van der Waals surface area contributed by atoms with Gasteiger partial charge in [0.15, 0.2) is 0 Å². The molecule has 2 aromatic rings. The van der Waals surface area contributed by atoms with E-state index in [1.54, 1.807) is 0 Å². The summed E-state index contributed by atoms with van der Waals surface area (Å²) >= 11 is 1.45. The summed E-state index contributed by atoms with van der Waals surface area (Å²) in [5.41, 5.74) is 1.90. The maximum Gasteiger partial charge on any atom is 0.140 e. The molecule has 16 heavy (non-hydrogen) atoms. The molecule has 2 aromatic carbocycles. The molecule has 0 N–H and O–H groups in total. The van der Waals surface area contributed by atoms with Gasteiger partial charge in [-0.25, -0.2) is 4.39 Å². The van der Waals surface area contributed by atoms with E-state index in [-0.39, 0.29) is 5.82 Å². The van der Waals surface area contributed by atoms with Gasteiger partial charge in [-0.3, -0.25) is 0 Å². The minimum atomic E-state index is -0.0844. The predicted octanol–water partition coefficient (Wildman–Crippen LogP) is 4.14. The van der Waals surface area contributed by atoms with E-state index >= 15 is 0 Å². The minimum absolute atomic E-state index is 0.0844. The molecule has 0 radical (unpaired) electrons. The van der Waals surface area contributed by atoms with E-state index < -0.39 is 0 Å². The van der Waals surface area contributed by atoms with Crippen LogP contribution in [0.3, 0.4) is 0 Å². The largest absolute Gasteiger partial charge is 0.205 e. The van der Waals surface area contributed by atoms with Gasteiger partial charge in [0.1, 0.15) is 5.82 Å². The van der Waals surface area contributed by atoms with E-state index in [4.69, 9.17) is 0 Å². The van der Waals surface area contributed by atoms with Gasteiger partial charge >= 0.3 is 0 Å². The molecule has 0 aliphatic carbocycles. The van der Waals surface area contributed by atoms with Crippen LogP contribution in [0, 0.1) is 5.82 Å². The van der Waals surface area contributed by atoms with Crippen molar-refractivity contribution in [3.63, 3.8) is 0 Å². The van der Waals surface area contributed by atoms with Crippen LogP contribution in [-0.4, -0.2) is 6.26 Å². The van der Waals surface area contributed by atoms with E-state index in [2.05, 4.69) is 0 Å². The number of halogens is 1. The number of hydrogen-bond acceptors (Lipinski definition) is 1. The average molecular weight is 232 g/mol. The van der Waals surface area contributed by atoms with Gasteiger partial charge in [-0.05, 0) is 23.4 Å². The first-order valence-corrected chi connectivity index (χ1v) is 6.39. The van der Waals surface area contributed by atoms with Gasteiger partial charge in [-0.1, -0.05) is 42.5 Å². The number of thioether (sulfide) groups is 1. The normalized spacial score (nSPS) is 10.4. The lowest BCUT2D eigenvalue weighted by atomic mass is 10.0. The lowest BCUT2D eigenvalue weighted by molar-refractivity contribution is 0.588. The van der Waals surface area contributed by atoms with Crippen molar-refractivity contribution >= 4 is 11.8 Å². The van der Waals surface area contributed by atoms with Crippen LogP contribution in [0.5, 0.6) is 0 Å². The van der Waals surface area contributed by atoms with Crippen molar-refractivity contribution in [3.05, 3.63) is 65.5 Å². The molecule has 0 fully saturated rings. The molecule has 0 atom stereocenters. The molecule has 0 aliphatic heterocycles. The fourth-order valence-electron chi connectivity index (χ4n) is 1.67. The van der Waals surface area contributed by atoms with Crippen LogP contribution in [0.15, 0.2) is 53.4 Å². The second kappa shape index (κ2) is 5.17. The molecule has 2 rings (SSSR count). The van der Waals surface area contributed by atoms with E-state index in [1.165, 1.54) is 11.8 Å². The average Bonchev–Trinajstić information content (AvgIpc) is 2.33. The van der Waals surface area contributed by atoms with Crippen molar-refractivity contribution in [1.82, 2.24) is 0 Å². The van der Waals surface area contributed by atoms with Crippen molar-refractivity contribution in [2.24, 2.45) is 0 Å². The van der Waals surface area contributed by atoms with Gasteiger partial charge in [0.2, 0.25) is 0 Å². The Hall–Kier alpha value is -1.28. The third kappa shape index (κ3) is 2.45. The number of rotatable bonds is 3. The highest BCUT2D eigenvalue weighted by atomic mass is 32.2. The first kappa shape index (κ1) is 11.2. The van der Waals surface area contributed by atoms with E-state index in [9.17, 15) is 4.39 Å². The highest BCUT2D eigenvalue weighted by Crippen LogP contribution is 2.23. The van der Waals surface area contributed by atoms with Crippen LogP contribution in [-0.2, 0) is 6.42 Å². The highest BCUT2D eigenvalue weighted by Gasteiger charge is 2.07. The summed E-state index contributed by atoms with van der Waals surface area (Å²) < 4.78 is 13.9. The third-order valence-electron chi connectivity index (χ3n) is 2.50. The Morgan fingerprint density at radius 1 is 1.00 bits per heavy atom. The maximum atomic E-state index is 13.9. The fourth-order valence-corrected chi connectivity index (χ4v) is 2.19. The van der Waals surface area contributed by atoms with E-state index in [0.717, 1.165) is 11.1 Å². The van der Waals surface area contributed by atoms with Crippen LogP contribution in [0.4, 0.5) is 4.39 Å². The summed E-state index contributed by atoms with van der Waals surface area (Å²) in [6.07, 6.45) is 2.55. The topological polar surface area (TPSA) is 0 Å². The van der Waals surface area contributed by atoms with Gasteiger partial charge in [-0.2, -0.15) is 0 Å². The molecular formula is C14H13FS. The molecule has 0 unspecified atom stereocenters. The Bertz CT molecular complexity index is 465. The minimum Gasteiger partial charge on any atom is -0.205 e.